The minimum absolute atomic E-state index is 0.0176. The van der Waals surface area contributed by atoms with Crippen molar-refractivity contribution in [2.24, 2.45) is 5.92 Å². The smallest absolute Gasteiger partial charge is 0.335 e. The van der Waals surface area contributed by atoms with Crippen molar-refractivity contribution in [3.05, 3.63) is 100 Å². The van der Waals surface area contributed by atoms with Crippen molar-refractivity contribution in [3.8, 4) is 0 Å². The SMILES string of the molecule is O=C(O)c1ccc(N2C(=O)[C@@H]3[C@H](ON(c4ccccc4)[C@@H]3c3cccc([N+](=O)[O-])c3)C2=O)cc1. The fourth-order valence-corrected chi connectivity index (χ4v) is 4.38. The number of nitro groups is 1. The Bertz CT molecular complexity index is 1310. The van der Waals surface area contributed by atoms with Crippen LogP contribution < -0.4 is 9.96 Å². The molecule has 34 heavy (non-hydrogen) atoms. The molecule has 2 amide bonds. The summed E-state index contributed by atoms with van der Waals surface area (Å²) in [5.41, 5.74) is 1.14. The van der Waals surface area contributed by atoms with Crippen LogP contribution in [-0.2, 0) is 14.4 Å². The van der Waals surface area contributed by atoms with Crippen LogP contribution in [0, 0.1) is 16.0 Å². The minimum Gasteiger partial charge on any atom is -0.478 e. The second kappa shape index (κ2) is 8.09. The maximum absolute atomic E-state index is 13.5. The third-order valence-electron chi connectivity index (χ3n) is 5.92. The van der Waals surface area contributed by atoms with Crippen molar-refractivity contribution in [3.63, 3.8) is 0 Å². The number of carbonyl (C=O) groups is 3. The number of nitro benzene ring substituents is 1. The number of hydrogen-bond acceptors (Lipinski definition) is 7. The van der Waals surface area contributed by atoms with Crippen molar-refractivity contribution in [2.75, 3.05) is 9.96 Å². The van der Waals surface area contributed by atoms with Gasteiger partial charge in [-0.25, -0.2) is 14.8 Å². The van der Waals surface area contributed by atoms with Gasteiger partial charge in [-0.05, 0) is 42.0 Å². The van der Waals surface area contributed by atoms with Crippen molar-refractivity contribution >= 4 is 34.8 Å². The van der Waals surface area contributed by atoms with Gasteiger partial charge in [0, 0.05) is 12.1 Å². The summed E-state index contributed by atoms with van der Waals surface area (Å²) in [6.07, 6.45) is -1.14. The zero-order valence-corrected chi connectivity index (χ0v) is 17.5. The van der Waals surface area contributed by atoms with Crippen LogP contribution in [-0.4, -0.2) is 33.9 Å². The van der Waals surface area contributed by atoms with Gasteiger partial charge >= 0.3 is 5.97 Å². The number of amides is 2. The number of benzene rings is 3. The van der Waals surface area contributed by atoms with E-state index in [9.17, 15) is 24.5 Å². The van der Waals surface area contributed by atoms with Crippen LogP contribution in [0.2, 0.25) is 0 Å². The molecule has 2 saturated heterocycles. The van der Waals surface area contributed by atoms with Crippen LogP contribution in [0.3, 0.4) is 0 Å². The van der Waals surface area contributed by atoms with Crippen LogP contribution in [0.4, 0.5) is 17.1 Å². The monoisotopic (exact) mass is 459 g/mol. The third kappa shape index (κ3) is 3.37. The number of hydroxylamine groups is 1. The van der Waals surface area contributed by atoms with E-state index < -0.39 is 40.8 Å². The second-order valence-corrected chi connectivity index (χ2v) is 7.87. The van der Waals surface area contributed by atoms with Crippen LogP contribution in [0.15, 0.2) is 78.9 Å². The number of nitrogens with zero attached hydrogens (tertiary/aromatic N) is 3. The molecule has 2 fully saturated rings. The molecular weight excluding hydrogens is 442 g/mol. The van der Waals surface area contributed by atoms with E-state index in [1.165, 1.54) is 47.5 Å². The van der Waals surface area contributed by atoms with Crippen molar-refractivity contribution in [1.29, 1.82) is 0 Å². The normalized spacial score (nSPS) is 21.6. The molecule has 3 aromatic carbocycles. The molecule has 0 saturated carbocycles. The molecule has 0 aliphatic carbocycles. The van der Waals surface area contributed by atoms with E-state index in [4.69, 9.17) is 9.94 Å². The number of anilines is 2. The zero-order valence-electron chi connectivity index (χ0n) is 17.5. The van der Waals surface area contributed by atoms with Crippen LogP contribution in [0.1, 0.15) is 22.0 Å². The molecule has 10 heteroatoms. The number of carboxylic acids is 1. The molecule has 0 spiro atoms. The fraction of sp³-hybridized carbons (Fsp3) is 0.125. The molecule has 10 nitrogen and oxygen atoms in total. The van der Waals surface area contributed by atoms with E-state index in [2.05, 4.69) is 0 Å². The molecule has 2 aliphatic heterocycles. The fourth-order valence-electron chi connectivity index (χ4n) is 4.38. The van der Waals surface area contributed by atoms with Gasteiger partial charge in [-0.15, -0.1) is 0 Å². The Hall–Kier alpha value is -4.57. The molecule has 5 rings (SSSR count). The molecule has 170 valence electrons. The van der Waals surface area contributed by atoms with Crippen LogP contribution in [0.5, 0.6) is 0 Å². The summed E-state index contributed by atoms with van der Waals surface area (Å²) in [5.74, 6) is -3.22. The third-order valence-corrected chi connectivity index (χ3v) is 5.92. The topological polar surface area (TPSA) is 130 Å². The summed E-state index contributed by atoms with van der Waals surface area (Å²) >= 11 is 0. The van der Waals surface area contributed by atoms with Gasteiger partial charge in [-0.1, -0.05) is 30.3 Å². The summed E-state index contributed by atoms with van der Waals surface area (Å²) in [6, 6.07) is 19.3. The lowest BCUT2D eigenvalue weighted by Crippen LogP contribution is -2.37. The largest absolute Gasteiger partial charge is 0.478 e. The lowest BCUT2D eigenvalue weighted by molar-refractivity contribution is -0.384. The van der Waals surface area contributed by atoms with Crippen LogP contribution in [0.25, 0.3) is 0 Å². The number of carbonyl (C=O) groups excluding carboxylic acids is 2. The number of imide groups is 1. The van der Waals surface area contributed by atoms with Gasteiger partial charge in [0.2, 0.25) is 5.91 Å². The second-order valence-electron chi connectivity index (χ2n) is 7.87. The van der Waals surface area contributed by atoms with Gasteiger partial charge in [0.05, 0.1) is 27.9 Å². The average Bonchev–Trinajstić information content (AvgIpc) is 3.35. The molecule has 0 aromatic heterocycles. The summed E-state index contributed by atoms with van der Waals surface area (Å²) in [5, 5.41) is 21.9. The molecule has 2 heterocycles. The Labute approximate surface area is 192 Å². The molecule has 2 aliphatic rings. The Kier molecular flexibility index (Phi) is 5.06. The van der Waals surface area contributed by atoms with Crippen LogP contribution >= 0.6 is 0 Å². The van der Waals surface area contributed by atoms with E-state index in [0.29, 0.717) is 11.3 Å². The van der Waals surface area contributed by atoms with Gasteiger partial charge < -0.3 is 5.11 Å². The van der Waals surface area contributed by atoms with Gasteiger partial charge in [0.1, 0.15) is 5.92 Å². The summed E-state index contributed by atoms with van der Waals surface area (Å²) < 4.78 is 0. The number of hydrogen-bond donors (Lipinski definition) is 1. The Morgan fingerprint density at radius 1 is 0.912 bits per heavy atom. The maximum atomic E-state index is 13.5. The van der Waals surface area contributed by atoms with Crippen molar-refractivity contribution in [2.45, 2.75) is 12.1 Å². The Morgan fingerprint density at radius 2 is 1.62 bits per heavy atom. The number of rotatable bonds is 5. The highest BCUT2D eigenvalue weighted by Crippen LogP contribution is 2.47. The Balaban J connectivity index is 1.57. The number of fused-ring (bicyclic) bond motifs is 1. The number of non-ortho nitro benzene ring substituents is 1. The predicted molar refractivity (Wildman–Crippen MR) is 119 cm³/mol. The molecular formula is C24H17N3O7. The van der Waals surface area contributed by atoms with Gasteiger partial charge in [0.15, 0.2) is 6.10 Å². The highest BCUT2D eigenvalue weighted by atomic mass is 16.7. The number of carboxylic acid groups (broad SMARTS) is 1. The molecule has 0 unspecified atom stereocenters. The van der Waals surface area contributed by atoms with Gasteiger partial charge in [-0.3, -0.25) is 24.5 Å². The summed E-state index contributed by atoms with van der Waals surface area (Å²) in [7, 11) is 0. The summed E-state index contributed by atoms with van der Waals surface area (Å²) in [4.78, 5) is 55.8. The van der Waals surface area contributed by atoms with Crippen molar-refractivity contribution in [1.82, 2.24) is 0 Å². The van der Waals surface area contributed by atoms with E-state index in [-0.39, 0.29) is 16.9 Å². The zero-order chi connectivity index (χ0) is 24.0. The Morgan fingerprint density at radius 3 is 2.26 bits per heavy atom. The van der Waals surface area contributed by atoms with Gasteiger partial charge in [0.25, 0.3) is 11.6 Å². The van der Waals surface area contributed by atoms with Crippen molar-refractivity contribution < 1.29 is 29.3 Å². The van der Waals surface area contributed by atoms with E-state index in [1.807, 2.05) is 6.07 Å². The molecule has 0 radical (unpaired) electrons. The highest BCUT2D eigenvalue weighted by Gasteiger charge is 2.60. The standard InChI is InChI=1S/C24H17N3O7/c28-22-19-20(15-5-4-8-18(13-15)27(32)33)26(17-6-2-1-3-7-17)34-21(19)23(29)25(22)16-11-9-14(10-12-16)24(30)31/h1-13,19-21H,(H,30,31)/t19-,20+,21-/m0/s1. The molecule has 1 N–H and O–H groups in total. The number of aromatic carboxylic acids is 1. The first-order valence-corrected chi connectivity index (χ1v) is 10.3. The lowest BCUT2D eigenvalue weighted by Gasteiger charge is -2.28. The molecule has 3 aromatic rings. The molecule has 0 bridgehead atoms. The average molecular weight is 459 g/mol. The number of para-hydroxylation sites is 1. The molecule has 3 atom stereocenters. The highest BCUT2D eigenvalue weighted by molar-refractivity contribution is 6.24. The van der Waals surface area contributed by atoms with E-state index >= 15 is 0 Å². The first kappa shape index (κ1) is 21.3. The summed E-state index contributed by atoms with van der Waals surface area (Å²) in [6.45, 7) is 0. The first-order valence-electron chi connectivity index (χ1n) is 10.3. The first-order chi connectivity index (χ1) is 16.4. The quantitative estimate of drug-likeness (QED) is 0.349. The maximum Gasteiger partial charge on any atom is 0.335 e. The van der Waals surface area contributed by atoms with Gasteiger partial charge in [-0.2, -0.15) is 0 Å². The predicted octanol–water partition coefficient (Wildman–Crippen LogP) is 3.34. The minimum atomic E-state index is -1.14. The van der Waals surface area contributed by atoms with E-state index in [1.54, 1.807) is 30.3 Å². The lowest BCUT2D eigenvalue weighted by atomic mass is 9.90. The van der Waals surface area contributed by atoms with E-state index in [0.717, 1.165) is 4.90 Å².